The molecule has 1 aliphatic rings. The molecule has 94 valence electrons. The summed E-state index contributed by atoms with van der Waals surface area (Å²) in [4.78, 5) is 4.00. The van der Waals surface area contributed by atoms with Crippen molar-refractivity contribution in [1.29, 1.82) is 0 Å². The van der Waals surface area contributed by atoms with E-state index in [1.807, 2.05) is 6.92 Å². The number of aryl methyl sites for hydroxylation is 1. The van der Waals surface area contributed by atoms with Crippen LogP contribution in [0.5, 0.6) is 0 Å². The molecule has 1 fully saturated rings. The predicted octanol–water partition coefficient (Wildman–Crippen LogP) is 1.31. The van der Waals surface area contributed by atoms with Gasteiger partial charge in [0, 0.05) is 12.2 Å². The van der Waals surface area contributed by atoms with E-state index >= 15 is 0 Å². The Balaban J connectivity index is 2.10. The minimum Gasteiger partial charge on any atom is -0.313 e. The Kier molecular flexibility index (Phi) is 3.79. The van der Waals surface area contributed by atoms with Gasteiger partial charge in [0.1, 0.15) is 0 Å². The Morgan fingerprint density at radius 3 is 2.82 bits per heavy atom. The maximum atomic E-state index is 12.1. The molecule has 1 unspecified atom stereocenters. The summed E-state index contributed by atoms with van der Waals surface area (Å²) in [5.74, 6) is 0.156. The second-order valence-corrected chi connectivity index (χ2v) is 6.58. The van der Waals surface area contributed by atoms with Crippen LogP contribution in [-0.4, -0.2) is 31.7 Å². The number of hydrogen-bond acceptors (Lipinski definition) is 4. The fraction of sp³-hybridized carbons (Fsp3) is 0.583. The summed E-state index contributed by atoms with van der Waals surface area (Å²) >= 11 is 0. The highest BCUT2D eigenvalue weighted by molar-refractivity contribution is 7.91. The Hall–Kier alpha value is -0.940. The molecule has 0 radical (unpaired) electrons. The number of nitrogens with one attached hydrogen (secondary N) is 1. The molecule has 5 heteroatoms. The lowest BCUT2D eigenvalue weighted by molar-refractivity contribution is 0.423. The smallest absolute Gasteiger partial charge is 0.197 e. The van der Waals surface area contributed by atoms with Gasteiger partial charge in [-0.1, -0.05) is 12.5 Å². The lowest BCUT2D eigenvalue weighted by atomic mass is 10.1. The lowest BCUT2D eigenvalue weighted by Gasteiger charge is -2.22. The van der Waals surface area contributed by atoms with Crippen LogP contribution in [0.4, 0.5) is 0 Å². The lowest BCUT2D eigenvalue weighted by Crippen LogP contribution is -2.39. The molecule has 1 N–H and O–H groups in total. The molecular weight excluding hydrogens is 236 g/mol. The van der Waals surface area contributed by atoms with E-state index in [1.54, 1.807) is 18.3 Å². The largest absolute Gasteiger partial charge is 0.313 e. The van der Waals surface area contributed by atoms with Gasteiger partial charge in [0.15, 0.2) is 14.9 Å². The molecule has 0 bridgehead atoms. The number of hydrogen-bond donors (Lipinski definition) is 1. The Labute approximate surface area is 102 Å². The van der Waals surface area contributed by atoms with Gasteiger partial charge in [-0.3, -0.25) is 0 Å². The summed E-state index contributed by atoms with van der Waals surface area (Å²) in [6.45, 7) is 2.81. The highest BCUT2D eigenvalue weighted by atomic mass is 32.2. The van der Waals surface area contributed by atoms with E-state index in [4.69, 9.17) is 0 Å². The van der Waals surface area contributed by atoms with Crippen molar-refractivity contribution in [3.63, 3.8) is 0 Å². The van der Waals surface area contributed by atoms with Crippen molar-refractivity contribution in [3.8, 4) is 0 Å². The third-order valence-corrected chi connectivity index (χ3v) is 4.76. The van der Waals surface area contributed by atoms with Crippen molar-refractivity contribution in [2.45, 2.75) is 37.3 Å². The van der Waals surface area contributed by atoms with Crippen molar-refractivity contribution in [3.05, 3.63) is 23.9 Å². The van der Waals surface area contributed by atoms with Crippen molar-refractivity contribution < 1.29 is 8.42 Å². The average Bonchev–Trinajstić information content (AvgIpc) is 2.30. The number of rotatable bonds is 3. The van der Waals surface area contributed by atoms with Crippen molar-refractivity contribution in [1.82, 2.24) is 10.3 Å². The number of piperidine rings is 1. The average molecular weight is 254 g/mol. The van der Waals surface area contributed by atoms with Crippen molar-refractivity contribution in [2.75, 3.05) is 12.3 Å². The fourth-order valence-corrected chi connectivity index (χ4v) is 3.53. The summed E-state index contributed by atoms with van der Waals surface area (Å²) in [5.41, 5.74) is 0.972. The molecule has 0 amide bonds. The molecule has 4 nitrogen and oxygen atoms in total. The van der Waals surface area contributed by atoms with Gasteiger partial charge in [-0.25, -0.2) is 13.4 Å². The normalized spacial score (nSPS) is 21.4. The molecular formula is C12H18N2O2S. The van der Waals surface area contributed by atoms with Gasteiger partial charge < -0.3 is 5.32 Å². The molecule has 1 saturated heterocycles. The van der Waals surface area contributed by atoms with Gasteiger partial charge in [-0.2, -0.15) is 0 Å². The first-order valence-corrected chi connectivity index (χ1v) is 7.62. The molecule has 2 heterocycles. The molecule has 1 aliphatic heterocycles. The standard InChI is InChI=1S/C12H18N2O2S/c1-10-5-6-12(14-8-10)17(15,16)9-11-4-2-3-7-13-11/h5-6,8,11,13H,2-4,7,9H2,1H3. The van der Waals surface area contributed by atoms with Crippen LogP contribution in [-0.2, 0) is 9.84 Å². The summed E-state index contributed by atoms with van der Waals surface area (Å²) in [5, 5.41) is 3.44. The van der Waals surface area contributed by atoms with Crippen LogP contribution in [0.15, 0.2) is 23.4 Å². The summed E-state index contributed by atoms with van der Waals surface area (Å²) in [6, 6.07) is 3.46. The highest BCUT2D eigenvalue weighted by Gasteiger charge is 2.23. The molecule has 0 aromatic carbocycles. The van der Waals surface area contributed by atoms with Crippen LogP contribution in [0, 0.1) is 6.92 Å². The molecule has 0 spiro atoms. The first-order chi connectivity index (χ1) is 8.08. The van der Waals surface area contributed by atoms with E-state index in [0.717, 1.165) is 31.4 Å². The zero-order valence-electron chi connectivity index (χ0n) is 10.0. The van der Waals surface area contributed by atoms with Gasteiger partial charge >= 0.3 is 0 Å². The van der Waals surface area contributed by atoms with Gasteiger partial charge in [-0.15, -0.1) is 0 Å². The van der Waals surface area contributed by atoms with Crippen LogP contribution >= 0.6 is 0 Å². The summed E-state index contributed by atoms with van der Waals surface area (Å²) < 4.78 is 24.2. The second-order valence-electron chi connectivity index (χ2n) is 4.60. The van der Waals surface area contributed by atoms with Crippen LogP contribution in [0.2, 0.25) is 0 Å². The summed E-state index contributed by atoms with van der Waals surface area (Å²) in [6.07, 6.45) is 4.78. The monoisotopic (exact) mass is 254 g/mol. The van der Waals surface area contributed by atoms with Gasteiger partial charge in [0.2, 0.25) is 0 Å². The number of nitrogens with zero attached hydrogens (tertiary/aromatic N) is 1. The molecule has 1 aromatic rings. The summed E-state index contributed by atoms with van der Waals surface area (Å²) in [7, 11) is -3.25. The Morgan fingerprint density at radius 2 is 2.24 bits per heavy atom. The zero-order valence-corrected chi connectivity index (χ0v) is 10.8. The molecule has 1 atom stereocenters. The van der Waals surface area contributed by atoms with Gasteiger partial charge in [0.25, 0.3) is 0 Å². The van der Waals surface area contributed by atoms with Crippen molar-refractivity contribution >= 4 is 9.84 Å². The maximum Gasteiger partial charge on any atom is 0.197 e. The molecule has 17 heavy (non-hydrogen) atoms. The molecule has 0 saturated carbocycles. The van der Waals surface area contributed by atoms with E-state index in [9.17, 15) is 8.42 Å². The SMILES string of the molecule is Cc1ccc(S(=O)(=O)CC2CCCCN2)nc1. The number of pyridine rings is 1. The first kappa shape index (κ1) is 12.5. The quantitative estimate of drug-likeness (QED) is 0.883. The minimum absolute atomic E-state index is 0.0804. The predicted molar refractivity (Wildman–Crippen MR) is 66.7 cm³/mol. The molecule has 1 aromatic heterocycles. The van der Waals surface area contributed by atoms with E-state index < -0.39 is 9.84 Å². The van der Waals surface area contributed by atoms with Gasteiger partial charge in [-0.05, 0) is 37.9 Å². The third-order valence-electron chi connectivity index (χ3n) is 3.04. The van der Waals surface area contributed by atoms with Crippen molar-refractivity contribution in [2.24, 2.45) is 0 Å². The number of sulfone groups is 1. The topological polar surface area (TPSA) is 59.1 Å². The van der Waals surface area contributed by atoms with E-state index in [1.165, 1.54) is 0 Å². The molecule has 2 rings (SSSR count). The van der Waals surface area contributed by atoms with Gasteiger partial charge in [0.05, 0.1) is 5.75 Å². The Bertz CT molecular complexity index is 462. The zero-order chi connectivity index (χ0) is 12.3. The van der Waals surface area contributed by atoms with Crippen LogP contribution in [0.3, 0.4) is 0 Å². The second kappa shape index (κ2) is 5.14. The minimum atomic E-state index is -3.25. The van der Waals surface area contributed by atoms with Crippen LogP contribution < -0.4 is 5.32 Å². The number of aromatic nitrogens is 1. The van der Waals surface area contributed by atoms with Crippen LogP contribution in [0.1, 0.15) is 24.8 Å². The molecule has 0 aliphatic carbocycles. The fourth-order valence-electron chi connectivity index (χ4n) is 2.05. The first-order valence-electron chi connectivity index (χ1n) is 5.97. The maximum absolute atomic E-state index is 12.1. The Morgan fingerprint density at radius 1 is 1.41 bits per heavy atom. The van der Waals surface area contributed by atoms with E-state index in [-0.39, 0.29) is 16.8 Å². The highest BCUT2D eigenvalue weighted by Crippen LogP contribution is 2.14. The van der Waals surface area contributed by atoms with E-state index in [0.29, 0.717) is 0 Å². The van der Waals surface area contributed by atoms with Crippen LogP contribution in [0.25, 0.3) is 0 Å². The third kappa shape index (κ3) is 3.26. The van der Waals surface area contributed by atoms with E-state index in [2.05, 4.69) is 10.3 Å².